The fourth-order valence-corrected chi connectivity index (χ4v) is 2.52. The van der Waals surface area contributed by atoms with E-state index < -0.39 is 5.54 Å². The number of carbonyl (C=O) groups is 1. The molecule has 2 N–H and O–H groups in total. The van der Waals surface area contributed by atoms with Crippen LogP contribution in [-0.2, 0) is 4.79 Å². The van der Waals surface area contributed by atoms with Crippen LogP contribution < -0.4 is 10.6 Å². The molecule has 1 aliphatic carbocycles. The number of rotatable bonds is 7. The van der Waals surface area contributed by atoms with Crippen LogP contribution in [0.3, 0.4) is 0 Å². The molecule has 0 spiro atoms. The third kappa shape index (κ3) is 3.86. The van der Waals surface area contributed by atoms with Gasteiger partial charge in [-0.15, -0.1) is 0 Å². The van der Waals surface area contributed by atoms with Crippen LogP contribution in [0.25, 0.3) is 0 Å². The summed E-state index contributed by atoms with van der Waals surface area (Å²) in [7, 11) is 0. The van der Waals surface area contributed by atoms with Gasteiger partial charge in [-0.25, -0.2) is 0 Å². The molecule has 0 aromatic carbocycles. The monoisotopic (exact) mass is 303 g/mol. The van der Waals surface area contributed by atoms with Crippen molar-refractivity contribution < 1.29 is 4.79 Å². The summed E-state index contributed by atoms with van der Waals surface area (Å²) in [5.41, 5.74) is 0.387. The van der Waals surface area contributed by atoms with Crippen LogP contribution in [0, 0.1) is 24.2 Å². The van der Waals surface area contributed by atoms with Crippen molar-refractivity contribution in [2.75, 3.05) is 6.54 Å². The first-order valence-corrected chi connectivity index (χ1v) is 7.82. The summed E-state index contributed by atoms with van der Waals surface area (Å²) in [5, 5.41) is 19.6. The molecule has 1 fully saturated rings. The minimum absolute atomic E-state index is 0.0966. The van der Waals surface area contributed by atoms with E-state index in [0.29, 0.717) is 5.92 Å². The molecule has 120 valence electrons. The molecular weight excluding hydrogens is 278 g/mol. The number of aromatic nitrogens is 2. The van der Waals surface area contributed by atoms with E-state index in [9.17, 15) is 10.1 Å². The first kappa shape index (κ1) is 16.5. The molecule has 0 bridgehead atoms. The third-order valence-corrected chi connectivity index (χ3v) is 4.48. The van der Waals surface area contributed by atoms with E-state index in [-0.39, 0.29) is 24.5 Å². The highest BCUT2D eigenvalue weighted by Gasteiger charge is 2.42. The number of carbonyl (C=O) groups excluding carboxylic acids is 1. The number of nitriles is 1. The van der Waals surface area contributed by atoms with Crippen LogP contribution in [0.15, 0.2) is 12.4 Å². The van der Waals surface area contributed by atoms with E-state index in [4.69, 9.17) is 0 Å². The van der Waals surface area contributed by atoms with Gasteiger partial charge in [-0.1, -0.05) is 0 Å². The SMILES string of the molecule is Cc1cnn([C@H](C)[C@H](C)NCC(=O)N[C@](C)(C#N)C2CC2)c1. The van der Waals surface area contributed by atoms with Crippen molar-refractivity contribution in [2.45, 2.75) is 58.2 Å². The number of hydrogen-bond donors (Lipinski definition) is 2. The molecule has 3 atom stereocenters. The van der Waals surface area contributed by atoms with E-state index in [1.165, 1.54) is 0 Å². The molecule has 1 aromatic rings. The second-order valence-corrected chi connectivity index (χ2v) is 6.54. The van der Waals surface area contributed by atoms with Crippen molar-refractivity contribution in [3.8, 4) is 6.07 Å². The molecule has 1 aliphatic rings. The average molecular weight is 303 g/mol. The van der Waals surface area contributed by atoms with Crippen LogP contribution in [0.4, 0.5) is 0 Å². The molecule has 1 heterocycles. The predicted octanol–water partition coefficient (Wildman–Crippen LogP) is 1.54. The Morgan fingerprint density at radius 3 is 2.77 bits per heavy atom. The van der Waals surface area contributed by atoms with E-state index in [1.807, 2.05) is 30.9 Å². The summed E-state index contributed by atoms with van der Waals surface area (Å²) in [6, 6.07) is 2.48. The lowest BCUT2D eigenvalue weighted by Gasteiger charge is -2.25. The zero-order valence-electron chi connectivity index (χ0n) is 13.8. The lowest BCUT2D eigenvalue weighted by atomic mass is 9.98. The Morgan fingerprint density at radius 2 is 2.27 bits per heavy atom. The highest BCUT2D eigenvalue weighted by Crippen LogP contribution is 2.39. The summed E-state index contributed by atoms with van der Waals surface area (Å²) < 4.78 is 1.90. The highest BCUT2D eigenvalue weighted by atomic mass is 16.2. The molecule has 22 heavy (non-hydrogen) atoms. The van der Waals surface area contributed by atoms with E-state index >= 15 is 0 Å². The fraction of sp³-hybridized carbons (Fsp3) is 0.688. The van der Waals surface area contributed by atoms with Gasteiger partial charge in [0.2, 0.25) is 5.91 Å². The molecule has 1 saturated carbocycles. The molecule has 6 heteroatoms. The average Bonchev–Trinajstić information content (AvgIpc) is 3.26. The second kappa shape index (κ2) is 6.49. The molecule has 0 aliphatic heterocycles. The first-order chi connectivity index (χ1) is 10.4. The Balaban J connectivity index is 1.81. The zero-order valence-corrected chi connectivity index (χ0v) is 13.8. The summed E-state index contributed by atoms with van der Waals surface area (Å²) in [5.74, 6) is 0.163. The van der Waals surface area contributed by atoms with Crippen molar-refractivity contribution in [1.29, 1.82) is 5.26 Å². The summed E-state index contributed by atoms with van der Waals surface area (Å²) in [4.78, 5) is 12.1. The first-order valence-electron chi connectivity index (χ1n) is 7.82. The Morgan fingerprint density at radius 1 is 1.59 bits per heavy atom. The summed E-state index contributed by atoms with van der Waals surface area (Å²) in [6.45, 7) is 8.10. The van der Waals surface area contributed by atoms with Gasteiger partial charge in [0.05, 0.1) is 24.9 Å². The fourth-order valence-electron chi connectivity index (χ4n) is 2.52. The quantitative estimate of drug-likeness (QED) is 0.800. The van der Waals surface area contributed by atoms with Crippen molar-refractivity contribution in [3.63, 3.8) is 0 Å². The van der Waals surface area contributed by atoms with Gasteiger partial charge < -0.3 is 10.6 Å². The Labute approximate surface area is 131 Å². The number of nitrogens with zero attached hydrogens (tertiary/aromatic N) is 3. The van der Waals surface area contributed by atoms with Crippen LogP contribution in [0.5, 0.6) is 0 Å². The van der Waals surface area contributed by atoms with Crippen molar-refractivity contribution in [1.82, 2.24) is 20.4 Å². The van der Waals surface area contributed by atoms with Crippen LogP contribution in [0.1, 0.15) is 45.2 Å². The van der Waals surface area contributed by atoms with Gasteiger partial charge in [0.25, 0.3) is 0 Å². The van der Waals surface area contributed by atoms with E-state index in [2.05, 4.69) is 28.7 Å². The minimum Gasteiger partial charge on any atom is -0.337 e. The molecular formula is C16H25N5O. The lowest BCUT2D eigenvalue weighted by Crippen LogP contribution is -2.51. The van der Waals surface area contributed by atoms with Gasteiger partial charge in [0.15, 0.2) is 0 Å². The number of aryl methyl sites for hydroxylation is 1. The molecule has 0 saturated heterocycles. The standard InChI is InChI=1S/C16H25N5O/c1-11-7-19-21(9-11)13(3)12(2)18-8-15(22)20-16(4,10-17)14-5-6-14/h7,9,12-14,18H,5-6,8H2,1-4H3,(H,20,22)/t12-,13+,16+/m0/s1. The Bertz CT molecular complexity index is 571. The van der Waals surface area contributed by atoms with Crippen LogP contribution in [0.2, 0.25) is 0 Å². The zero-order chi connectivity index (χ0) is 16.3. The van der Waals surface area contributed by atoms with Gasteiger partial charge in [-0.2, -0.15) is 10.4 Å². The maximum absolute atomic E-state index is 12.1. The molecule has 1 amide bonds. The molecule has 6 nitrogen and oxygen atoms in total. The van der Waals surface area contributed by atoms with E-state index in [1.54, 1.807) is 6.92 Å². The Kier molecular flexibility index (Phi) is 4.87. The van der Waals surface area contributed by atoms with Crippen molar-refractivity contribution in [2.24, 2.45) is 5.92 Å². The molecule has 2 rings (SSSR count). The van der Waals surface area contributed by atoms with Crippen molar-refractivity contribution in [3.05, 3.63) is 18.0 Å². The highest BCUT2D eigenvalue weighted by molar-refractivity contribution is 5.79. The molecule has 1 aromatic heterocycles. The van der Waals surface area contributed by atoms with E-state index in [0.717, 1.165) is 18.4 Å². The van der Waals surface area contributed by atoms with Gasteiger partial charge >= 0.3 is 0 Å². The summed E-state index contributed by atoms with van der Waals surface area (Å²) >= 11 is 0. The van der Waals surface area contributed by atoms with Gasteiger partial charge in [0.1, 0.15) is 5.54 Å². The van der Waals surface area contributed by atoms with Crippen molar-refractivity contribution >= 4 is 5.91 Å². The second-order valence-electron chi connectivity index (χ2n) is 6.54. The maximum atomic E-state index is 12.1. The lowest BCUT2D eigenvalue weighted by molar-refractivity contribution is -0.121. The third-order valence-electron chi connectivity index (χ3n) is 4.48. The predicted molar refractivity (Wildman–Crippen MR) is 84.0 cm³/mol. The smallest absolute Gasteiger partial charge is 0.235 e. The van der Waals surface area contributed by atoms with Gasteiger partial charge in [0, 0.05) is 12.2 Å². The topological polar surface area (TPSA) is 82.7 Å². The molecule has 0 unspecified atom stereocenters. The van der Waals surface area contributed by atoms with Gasteiger partial charge in [-0.3, -0.25) is 9.48 Å². The Hall–Kier alpha value is -1.87. The maximum Gasteiger partial charge on any atom is 0.235 e. The molecule has 0 radical (unpaired) electrons. The van der Waals surface area contributed by atoms with Gasteiger partial charge in [-0.05, 0) is 52.0 Å². The summed E-state index contributed by atoms with van der Waals surface area (Å²) in [6.07, 6.45) is 5.85. The normalized spacial score (nSPS) is 19.8. The van der Waals surface area contributed by atoms with Crippen LogP contribution in [-0.4, -0.2) is 33.8 Å². The minimum atomic E-state index is -0.729. The number of amides is 1. The number of hydrogen-bond acceptors (Lipinski definition) is 4. The number of nitrogens with one attached hydrogen (secondary N) is 2. The largest absolute Gasteiger partial charge is 0.337 e. The van der Waals surface area contributed by atoms with Crippen LogP contribution >= 0.6 is 0 Å².